The summed E-state index contributed by atoms with van der Waals surface area (Å²) in [7, 11) is 0. The second-order valence-corrected chi connectivity index (χ2v) is 7.89. The van der Waals surface area contributed by atoms with E-state index in [0.717, 1.165) is 42.1 Å². The molecule has 0 spiro atoms. The monoisotopic (exact) mass is 382 g/mol. The maximum Gasteiger partial charge on any atom is 0.259 e. The number of aryl methyl sites for hydroxylation is 2. The molecule has 3 heterocycles. The highest BCUT2D eigenvalue weighted by atomic mass is 32.1. The van der Waals surface area contributed by atoms with Crippen LogP contribution in [0.2, 0.25) is 0 Å². The summed E-state index contributed by atoms with van der Waals surface area (Å²) in [5.74, 6) is 1.61. The van der Waals surface area contributed by atoms with Crippen LogP contribution in [0.5, 0.6) is 0 Å². The zero-order valence-corrected chi connectivity index (χ0v) is 16.3. The Morgan fingerprint density at radius 3 is 2.78 bits per heavy atom. The van der Waals surface area contributed by atoms with Gasteiger partial charge in [-0.1, -0.05) is 29.8 Å². The van der Waals surface area contributed by atoms with Crippen molar-refractivity contribution in [3.05, 3.63) is 52.5 Å². The van der Waals surface area contributed by atoms with Crippen molar-refractivity contribution >= 4 is 17.2 Å². The average molecular weight is 382 g/mol. The first-order valence-electron chi connectivity index (χ1n) is 9.17. The van der Waals surface area contributed by atoms with Crippen LogP contribution in [0.3, 0.4) is 0 Å². The Kier molecular flexibility index (Phi) is 5.03. The van der Waals surface area contributed by atoms with Gasteiger partial charge >= 0.3 is 0 Å². The van der Waals surface area contributed by atoms with Gasteiger partial charge in [-0.3, -0.25) is 4.79 Å². The summed E-state index contributed by atoms with van der Waals surface area (Å²) >= 11 is 1.51. The van der Waals surface area contributed by atoms with Crippen molar-refractivity contribution in [2.75, 3.05) is 13.1 Å². The third-order valence-electron chi connectivity index (χ3n) is 5.02. The van der Waals surface area contributed by atoms with E-state index in [-0.39, 0.29) is 11.8 Å². The van der Waals surface area contributed by atoms with E-state index in [0.29, 0.717) is 18.2 Å². The Labute approximate surface area is 162 Å². The summed E-state index contributed by atoms with van der Waals surface area (Å²) in [5.41, 5.74) is 4.95. The number of carbonyl (C=O) groups is 1. The number of benzene rings is 1. The van der Waals surface area contributed by atoms with Gasteiger partial charge in [0.1, 0.15) is 4.88 Å². The molecule has 140 valence electrons. The normalized spacial score (nSPS) is 15.3. The summed E-state index contributed by atoms with van der Waals surface area (Å²) in [6.45, 7) is 5.44. The lowest BCUT2D eigenvalue weighted by molar-refractivity contribution is -0.131. The largest absolute Gasteiger partial charge is 0.420 e. The number of thiazole rings is 1. The van der Waals surface area contributed by atoms with Crippen LogP contribution in [0.15, 0.2) is 34.2 Å². The molecule has 0 N–H and O–H groups in total. The Balaban J connectivity index is 1.36. The molecule has 7 heteroatoms. The Hall–Kier alpha value is -2.54. The topological polar surface area (TPSA) is 72.1 Å². The van der Waals surface area contributed by atoms with Gasteiger partial charge in [0.15, 0.2) is 0 Å². The van der Waals surface area contributed by atoms with Crippen LogP contribution in [0.4, 0.5) is 0 Å². The van der Waals surface area contributed by atoms with Crippen LogP contribution < -0.4 is 0 Å². The zero-order valence-electron chi connectivity index (χ0n) is 15.5. The van der Waals surface area contributed by atoms with Crippen molar-refractivity contribution < 1.29 is 9.21 Å². The fraction of sp³-hybridized carbons (Fsp3) is 0.400. The van der Waals surface area contributed by atoms with Crippen molar-refractivity contribution in [1.82, 2.24) is 20.1 Å². The van der Waals surface area contributed by atoms with E-state index >= 15 is 0 Å². The van der Waals surface area contributed by atoms with Crippen LogP contribution in [-0.4, -0.2) is 39.1 Å². The number of rotatable bonds is 4. The fourth-order valence-corrected chi connectivity index (χ4v) is 4.21. The molecule has 3 aromatic rings. The standard InChI is InChI=1S/C20H22N4O2S/c1-13-4-3-5-15(10-13)11-17(25)24-8-6-16(7-9-24)19-22-23-20(26-19)18-14(2)21-12-27-18/h3-5,10,12,16H,6-9,11H2,1-2H3. The van der Waals surface area contributed by atoms with Gasteiger partial charge in [0.25, 0.3) is 5.89 Å². The zero-order chi connectivity index (χ0) is 18.8. The predicted molar refractivity (Wildman–Crippen MR) is 104 cm³/mol. The molecule has 0 atom stereocenters. The molecule has 4 rings (SSSR count). The summed E-state index contributed by atoms with van der Waals surface area (Å²) in [6, 6.07) is 8.14. The van der Waals surface area contributed by atoms with E-state index < -0.39 is 0 Å². The molecule has 27 heavy (non-hydrogen) atoms. The Bertz CT molecular complexity index is 941. The molecule has 1 saturated heterocycles. The van der Waals surface area contributed by atoms with Crippen molar-refractivity contribution in [3.63, 3.8) is 0 Å². The van der Waals surface area contributed by atoms with Gasteiger partial charge in [0, 0.05) is 19.0 Å². The highest BCUT2D eigenvalue weighted by Crippen LogP contribution is 2.31. The van der Waals surface area contributed by atoms with Gasteiger partial charge in [-0.15, -0.1) is 21.5 Å². The molecule has 6 nitrogen and oxygen atoms in total. The highest BCUT2D eigenvalue weighted by molar-refractivity contribution is 7.13. The van der Waals surface area contributed by atoms with Crippen LogP contribution in [0.1, 0.15) is 41.5 Å². The van der Waals surface area contributed by atoms with E-state index in [2.05, 4.69) is 21.2 Å². The number of piperidine rings is 1. The van der Waals surface area contributed by atoms with Gasteiger partial charge in [0.05, 0.1) is 17.6 Å². The minimum atomic E-state index is 0.186. The lowest BCUT2D eigenvalue weighted by atomic mass is 9.96. The molecule has 0 bridgehead atoms. The molecular formula is C20H22N4O2S. The van der Waals surface area contributed by atoms with Crippen molar-refractivity contribution in [3.8, 4) is 10.8 Å². The molecule has 0 radical (unpaired) electrons. The number of amides is 1. The molecule has 1 amide bonds. The van der Waals surface area contributed by atoms with Gasteiger partial charge in [-0.25, -0.2) is 4.98 Å². The van der Waals surface area contributed by atoms with Crippen LogP contribution in [0, 0.1) is 13.8 Å². The lowest BCUT2D eigenvalue weighted by Gasteiger charge is -2.30. The second kappa shape index (κ2) is 7.60. The quantitative estimate of drug-likeness (QED) is 0.687. The predicted octanol–water partition coefficient (Wildman–Crippen LogP) is 3.76. The first-order chi connectivity index (χ1) is 13.1. The van der Waals surface area contributed by atoms with E-state index in [1.165, 1.54) is 16.9 Å². The van der Waals surface area contributed by atoms with Crippen molar-refractivity contribution in [2.24, 2.45) is 0 Å². The smallest absolute Gasteiger partial charge is 0.259 e. The van der Waals surface area contributed by atoms with E-state index in [9.17, 15) is 4.79 Å². The van der Waals surface area contributed by atoms with Gasteiger partial charge in [-0.2, -0.15) is 0 Å². The number of hydrogen-bond acceptors (Lipinski definition) is 6. The minimum Gasteiger partial charge on any atom is -0.420 e. The molecule has 1 aliphatic rings. The Morgan fingerprint density at radius 2 is 2.07 bits per heavy atom. The van der Waals surface area contributed by atoms with E-state index in [1.54, 1.807) is 5.51 Å². The van der Waals surface area contributed by atoms with Crippen LogP contribution >= 0.6 is 11.3 Å². The number of carbonyl (C=O) groups excluding carboxylic acids is 1. The fourth-order valence-electron chi connectivity index (χ4n) is 3.48. The molecule has 0 saturated carbocycles. The maximum atomic E-state index is 12.6. The van der Waals surface area contributed by atoms with Gasteiger partial charge < -0.3 is 9.32 Å². The third kappa shape index (κ3) is 3.93. The lowest BCUT2D eigenvalue weighted by Crippen LogP contribution is -2.38. The summed E-state index contributed by atoms with van der Waals surface area (Å²) in [6.07, 6.45) is 2.16. The van der Waals surface area contributed by atoms with Gasteiger partial charge in [-0.05, 0) is 32.3 Å². The van der Waals surface area contributed by atoms with Crippen molar-refractivity contribution in [1.29, 1.82) is 0 Å². The summed E-state index contributed by atoms with van der Waals surface area (Å²) < 4.78 is 5.90. The number of hydrogen-bond donors (Lipinski definition) is 0. The minimum absolute atomic E-state index is 0.186. The number of aromatic nitrogens is 3. The molecule has 0 unspecified atom stereocenters. The molecule has 1 fully saturated rings. The summed E-state index contributed by atoms with van der Waals surface area (Å²) in [4.78, 5) is 19.7. The van der Waals surface area contributed by atoms with E-state index in [4.69, 9.17) is 4.42 Å². The Morgan fingerprint density at radius 1 is 1.26 bits per heavy atom. The maximum absolute atomic E-state index is 12.6. The van der Waals surface area contributed by atoms with E-state index in [1.807, 2.05) is 36.9 Å². The molecule has 1 aromatic carbocycles. The van der Waals surface area contributed by atoms with Crippen LogP contribution in [-0.2, 0) is 11.2 Å². The molecule has 0 aliphatic carbocycles. The molecule has 1 aliphatic heterocycles. The number of likely N-dealkylation sites (tertiary alicyclic amines) is 1. The second-order valence-electron chi connectivity index (χ2n) is 7.03. The first-order valence-corrected chi connectivity index (χ1v) is 10.1. The molecule has 2 aromatic heterocycles. The SMILES string of the molecule is Cc1cccc(CC(=O)N2CCC(c3nnc(-c4scnc4C)o3)CC2)c1. The number of nitrogens with zero attached hydrogens (tertiary/aromatic N) is 4. The summed E-state index contributed by atoms with van der Waals surface area (Å²) in [5, 5.41) is 8.43. The van der Waals surface area contributed by atoms with Gasteiger partial charge in [0.2, 0.25) is 11.8 Å². The van der Waals surface area contributed by atoms with Crippen LogP contribution in [0.25, 0.3) is 10.8 Å². The van der Waals surface area contributed by atoms with Crippen molar-refractivity contribution in [2.45, 2.75) is 39.0 Å². The highest BCUT2D eigenvalue weighted by Gasteiger charge is 2.28. The average Bonchev–Trinajstić information content (AvgIpc) is 3.30. The third-order valence-corrected chi connectivity index (χ3v) is 5.93. The molecular weight excluding hydrogens is 360 g/mol. The first kappa shape index (κ1) is 17.9.